The molecule has 0 aromatic heterocycles. The van der Waals surface area contributed by atoms with Crippen molar-refractivity contribution in [2.24, 2.45) is 0 Å². The van der Waals surface area contributed by atoms with Crippen LogP contribution in [0.3, 0.4) is 0 Å². The van der Waals surface area contributed by atoms with Gasteiger partial charge in [-0.25, -0.2) is 0 Å². The molecule has 1 nitrogen and oxygen atoms in total. The molecule has 1 heteroatoms. The molecule has 3 rings (SSSR count). The molecule has 1 aromatic carbocycles. The number of hydrogen-bond acceptors (Lipinski definition) is 1. The molecule has 0 bridgehead atoms. The van der Waals surface area contributed by atoms with Gasteiger partial charge in [-0.05, 0) is 49.8 Å². The maximum absolute atomic E-state index is 3.65. The number of rotatable bonds is 0. The number of benzene rings is 1. The Bertz CT molecular complexity index is 356. The van der Waals surface area contributed by atoms with Crippen molar-refractivity contribution in [2.45, 2.75) is 38.1 Å². The summed E-state index contributed by atoms with van der Waals surface area (Å²) in [5.74, 6) is 0.804. The lowest BCUT2D eigenvalue weighted by molar-refractivity contribution is 0.372. The zero-order chi connectivity index (χ0) is 9.54. The van der Waals surface area contributed by atoms with Gasteiger partial charge in [-0.2, -0.15) is 0 Å². The van der Waals surface area contributed by atoms with Crippen LogP contribution < -0.4 is 5.32 Å². The first kappa shape index (κ1) is 8.49. The summed E-state index contributed by atoms with van der Waals surface area (Å²) < 4.78 is 0. The molecular formula is C13H17N. The molecule has 14 heavy (non-hydrogen) atoms. The minimum Gasteiger partial charge on any atom is -0.313 e. The van der Waals surface area contributed by atoms with Crippen molar-refractivity contribution in [2.75, 3.05) is 6.54 Å². The first-order chi connectivity index (χ1) is 6.84. The molecule has 0 amide bonds. The smallest absolute Gasteiger partial charge is 0.0176 e. The van der Waals surface area contributed by atoms with Gasteiger partial charge in [0.25, 0.3) is 0 Å². The van der Waals surface area contributed by atoms with Crippen molar-refractivity contribution in [3.05, 3.63) is 34.9 Å². The summed E-state index contributed by atoms with van der Waals surface area (Å²) in [5, 5.41) is 3.65. The molecule has 1 heterocycles. The van der Waals surface area contributed by atoms with Gasteiger partial charge < -0.3 is 5.32 Å². The summed E-state index contributed by atoms with van der Waals surface area (Å²) in [7, 11) is 0. The second kappa shape index (κ2) is 3.09. The predicted molar refractivity (Wildman–Crippen MR) is 58.6 cm³/mol. The number of fused-ring (bicyclic) bond motifs is 3. The van der Waals surface area contributed by atoms with Crippen LogP contribution in [0.2, 0.25) is 0 Å². The lowest BCUT2D eigenvalue weighted by Gasteiger charge is -2.27. The van der Waals surface area contributed by atoms with Crippen LogP contribution in [0.1, 0.15) is 35.4 Å². The monoisotopic (exact) mass is 187 g/mol. The molecule has 0 unspecified atom stereocenters. The molecule has 1 N–H and O–H groups in total. The Balaban J connectivity index is 2.02. The summed E-state index contributed by atoms with van der Waals surface area (Å²) in [6, 6.07) is 7.70. The van der Waals surface area contributed by atoms with E-state index >= 15 is 0 Å². The quantitative estimate of drug-likeness (QED) is 0.657. The van der Waals surface area contributed by atoms with Crippen molar-refractivity contribution in [3.63, 3.8) is 0 Å². The van der Waals surface area contributed by atoms with E-state index in [-0.39, 0.29) is 0 Å². The Morgan fingerprint density at radius 1 is 1.36 bits per heavy atom. The fraction of sp³-hybridized carbons (Fsp3) is 0.538. The van der Waals surface area contributed by atoms with Crippen molar-refractivity contribution in [1.82, 2.24) is 5.32 Å². The molecule has 2 atom stereocenters. The molecule has 0 spiro atoms. The van der Waals surface area contributed by atoms with Crippen LogP contribution in [0.15, 0.2) is 18.2 Å². The highest BCUT2D eigenvalue weighted by Crippen LogP contribution is 2.38. The van der Waals surface area contributed by atoms with Crippen LogP contribution in [0.4, 0.5) is 0 Å². The molecule has 0 saturated carbocycles. The summed E-state index contributed by atoms with van der Waals surface area (Å²) in [4.78, 5) is 0. The van der Waals surface area contributed by atoms with Crippen molar-refractivity contribution >= 4 is 0 Å². The third-order valence-corrected chi connectivity index (χ3v) is 3.72. The van der Waals surface area contributed by atoms with E-state index in [9.17, 15) is 0 Å². The molecule has 1 saturated heterocycles. The minimum absolute atomic E-state index is 0.737. The first-order valence-corrected chi connectivity index (χ1v) is 5.67. The van der Waals surface area contributed by atoms with Gasteiger partial charge in [0.15, 0.2) is 0 Å². The van der Waals surface area contributed by atoms with E-state index in [1.54, 1.807) is 11.1 Å². The molecule has 0 radical (unpaired) electrons. The van der Waals surface area contributed by atoms with Crippen molar-refractivity contribution in [1.29, 1.82) is 0 Å². The van der Waals surface area contributed by atoms with Gasteiger partial charge in [0.1, 0.15) is 0 Å². The Labute approximate surface area is 85.5 Å². The Morgan fingerprint density at radius 2 is 2.29 bits per heavy atom. The number of hydrogen-bond donors (Lipinski definition) is 1. The fourth-order valence-electron chi connectivity index (χ4n) is 3.02. The van der Waals surface area contributed by atoms with E-state index in [0.717, 1.165) is 12.0 Å². The van der Waals surface area contributed by atoms with Gasteiger partial charge in [-0.1, -0.05) is 23.8 Å². The highest BCUT2D eigenvalue weighted by Gasteiger charge is 2.33. The maximum Gasteiger partial charge on any atom is 0.0176 e. The molecule has 1 fully saturated rings. The first-order valence-electron chi connectivity index (χ1n) is 5.67. The van der Waals surface area contributed by atoms with E-state index < -0.39 is 0 Å². The molecule has 2 aliphatic rings. The van der Waals surface area contributed by atoms with Crippen LogP contribution in [-0.4, -0.2) is 12.6 Å². The van der Waals surface area contributed by atoms with Crippen LogP contribution in [0.5, 0.6) is 0 Å². The summed E-state index contributed by atoms with van der Waals surface area (Å²) >= 11 is 0. The second-order valence-corrected chi connectivity index (χ2v) is 4.72. The summed E-state index contributed by atoms with van der Waals surface area (Å²) in [6.45, 7) is 3.41. The van der Waals surface area contributed by atoms with Crippen molar-refractivity contribution < 1.29 is 0 Å². The van der Waals surface area contributed by atoms with Crippen molar-refractivity contribution in [3.8, 4) is 0 Å². The minimum atomic E-state index is 0.737. The molecule has 74 valence electrons. The van der Waals surface area contributed by atoms with Crippen LogP contribution in [0.25, 0.3) is 0 Å². The van der Waals surface area contributed by atoms with E-state index in [1.807, 2.05) is 0 Å². The third-order valence-electron chi connectivity index (χ3n) is 3.72. The number of nitrogens with one attached hydrogen (secondary N) is 1. The van der Waals surface area contributed by atoms with E-state index in [4.69, 9.17) is 0 Å². The van der Waals surface area contributed by atoms with Crippen LogP contribution >= 0.6 is 0 Å². The van der Waals surface area contributed by atoms with Gasteiger partial charge in [-0.3, -0.25) is 0 Å². The largest absolute Gasteiger partial charge is 0.313 e. The lowest BCUT2D eigenvalue weighted by atomic mass is 9.90. The Morgan fingerprint density at radius 3 is 3.21 bits per heavy atom. The van der Waals surface area contributed by atoms with E-state index in [1.165, 1.54) is 31.4 Å². The zero-order valence-electron chi connectivity index (χ0n) is 8.72. The molecule has 1 aliphatic carbocycles. The zero-order valence-corrected chi connectivity index (χ0v) is 8.72. The van der Waals surface area contributed by atoms with Gasteiger partial charge in [0, 0.05) is 6.04 Å². The van der Waals surface area contributed by atoms with Crippen LogP contribution in [0, 0.1) is 6.92 Å². The predicted octanol–water partition coefficient (Wildman–Crippen LogP) is 2.39. The Hall–Kier alpha value is -0.820. The number of piperidine rings is 1. The average Bonchev–Trinajstić information content (AvgIpc) is 2.56. The third kappa shape index (κ3) is 1.19. The fourth-order valence-corrected chi connectivity index (χ4v) is 3.02. The lowest BCUT2D eigenvalue weighted by Crippen LogP contribution is -2.37. The average molecular weight is 187 g/mol. The van der Waals surface area contributed by atoms with Gasteiger partial charge in [0.05, 0.1) is 0 Å². The van der Waals surface area contributed by atoms with Gasteiger partial charge in [0.2, 0.25) is 0 Å². The summed E-state index contributed by atoms with van der Waals surface area (Å²) in [5.41, 5.74) is 4.62. The van der Waals surface area contributed by atoms with Gasteiger partial charge >= 0.3 is 0 Å². The Kier molecular flexibility index (Phi) is 1.88. The van der Waals surface area contributed by atoms with Crippen LogP contribution in [-0.2, 0) is 6.42 Å². The summed E-state index contributed by atoms with van der Waals surface area (Å²) in [6.07, 6.45) is 3.98. The standard InChI is InChI=1S/C13H17N/c1-9-4-5-10-8-13-11(12(10)7-9)3-2-6-14-13/h4-5,7,11,13-14H,2-3,6,8H2,1H3/t11-,13+/m0/s1. The normalized spacial score (nSPS) is 29.8. The number of aryl methyl sites for hydroxylation is 1. The highest BCUT2D eigenvalue weighted by molar-refractivity contribution is 5.40. The van der Waals surface area contributed by atoms with E-state index in [0.29, 0.717) is 0 Å². The highest BCUT2D eigenvalue weighted by atomic mass is 14.9. The van der Waals surface area contributed by atoms with Gasteiger partial charge in [-0.15, -0.1) is 0 Å². The molecular weight excluding hydrogens is 170 g/mol. The maximum atomic E-state index is 3.65. The van der Waals surface area contributed by atoms with E-state index in [2.05, 4.69) is 30.4 Å². The SMILES string of the molecule is Cc1ccc2c(c1)[C@@H]1CCCN[C@@H]1C2. The second-order valence-electron chi connectivity index (χ2n) is 4.72. The topological polar surface area (TPSA) is 12.0 Å². The molecule has 1 aliphatic heterocycles. The molecule has 1 aromatic rings.